The van der Waals surface area contributed by atoms with Gasteiger partial charge in [0.25, 0.3) is 0 Å². The van der Waals surface area contributed by atoms with Gasteiger partial charge in [-0.15, -0.1) is 11.3 Å². The highest BCUT2D eigenvalue weighted by Crippen LogP contribution is 2.54. The Bertz CT molecular complexity index is 1400. The Labute approximate surface area is 227 Å². The van der Waals surface area contributed by atoms with E-state index in [9.17, 15) is 5.26 Å². The van der Waals surface area contributed by atoms with Crippen LogP contribution in [0.4, 0.5) is 10.9 Å². The average molecular weight is 530 g/mol. The zero-order valence-corrected chi connectivity index (χ0v) is 22.9. The highest BCUT2D eigenvalue weighted by molar-refractivity contribution is 7.16. The van der Waals surface area contributed by atoms with Crippen molar-refractivity contribution in [3.8, 4) is 17.5 Å². The van der Waals surface area contributed by atoms with Crippen LogP contribution in [-0.4, -0.2) is 52.2 Å². The van der Waals surface area contributed by atoms with Crippen LogP contribution >= 0.6 is 11.3 Å². The molecule has 1 saturated carbocycles. The van der Waals surface area contributed by atoms with Gasteiger partial charge in [0.05, 0.1) is 11.3 Å². The Morgan fingerprint density at radius 1 is 1.21 bits per heavy atom. The summed E-state index contributed by atoms with van der Waals surface area (Å²) in [6.45, 7) is 6.69. The molecule has 3 aromatic rings. The van der Waals surface area contributed by atoms with Crippen LogP contribution in [0, 0.1) is 17.2 Å². The lowest BCUT2D eigenvalue weighted by molar-refractivity contribution is 0.265. The molecule has 1 aliphatic heterocycles. The molecule has 3 aromatic heterocycles. The summed E-state index contributed by atoms with van der Waals surface area (Å²) in [4.78, 5) is 16.0. The van der Waals surface area contributed by atoms with Crippen molar-refractivity contribution < 1.29 is 4.52 Å². The number of nitrogens with zero attached hydrogens (tertiary/aromatic N) is 6. The van der Waals surface area contributed by atoms with Crippen LogP contribution in [0.15, 0.2) is 16.8 Å². The molecule has 2 fully saturated rings. The van der Waals surface area contributed by atoms with Crippen molar-refractivity contribution in [2.24, 2.45) is 5.92 Å². The van der Waals surface area contributed by atoms with Crippen molar-refractivity contribution in [2.45, 2.75) is 76.2 Å². The van der Waals surface area contributed by atoms with Crippen molar-refractivity contribution in [3.05, 3.63) is 39.5 Å². The fraction of sp³-hybridized carbons (Fsp3) is 0.586. The van der Waals surface area contributed by atoms with Crippen molar-refractivity contribution in [1.82, 2.24) is 20.0 Å². The van der Waals surface area contributed by atoms with Crippen LogP contribution < -0.4 is 10.6 Å². The van der Waals surface area contributed by atoms with Gasteiger partial charge in [-0.2, -0.15) is 5.26 Å². The van der Waals surface area contributed by atoms with E-state index in [-0.39, 0.29) is 5.41 Å². The van der Waals surface area contributed by atoms with E-state index in [1.165, 1.54) is 24.3 Å². The Morgan fingerprint density at radius 2 is 2.05 bits per heavy atom. The van der Waals surface area contributed by atoms with Gasteiger partial charge in [-0.05, 0) is 88.8 Å². The fourth-order valence-corrected chi connectivity index (χ4v) is 8.41. The van der Waals surface area contributed by atoms with Crippen LogP contribution in [0.3, 0.4) is 0 Å². The van der Waals surface area contributed by atoms with E-state index in [2.05, 4.69) is 22.8 Å². The summed E-state index contributed by atoms with van der Waals surface area (Å²) < 4.78 is 6.11. The monoisotopic (exact) mass is 529 g/mol. The molecule has 0 radical (unpaired) electrons. The largest absolute Gasteiger partial charge is 0.389 e. The Kier molecular flexibility index (Phi) is 5.93. The molecule has 0 bridgehead atoms. The van der Waals surface area contributed by atoms with Gasteiger partial charge in [0.15, 0.2) is 5.76 Å². The molecule has 0 unspecified atom stereocenters. The SMILES string of the molecule is C[C@H]1CN(CC2CC2)CCCN1c1nccc(-c2onc3c2CCC[C@@]32CCCc3sc(N)c(C#N)c32)n1. The number of aromatic nitrogens is 3. The van der Waals surface area contributed by atoms with Crippen molar-refractivity contribution in [2.75, 3.05) is 36.8 Å². The van der Waals surface area contributed by atoms with E-state index in [0.717, 1.165) is 105 Å². The Hall–Kier alpha value is -2.96. The van der Waals surface area contributed by atoms with Crippen LogP contribution in [0.5, 0.6) is 0 Å². The lowest BCUT2D eigenvalue weighted by Crippen LogP contribution is -2.40. The number of fused-ring (bicyclic) bond motifs is 4. The first-order valence-corrected chi connectivity index (χ1v) is 15.0. The summed E-state index contributed by atoms with van der Waals surface area (Å²) in [6.07, 6.45) is 11.7. The third kappa shape index (κ3) is 3.92. The molecule has 1 saturated heterocycles. The maximum Gasteiger partial charge on any atom is 0.226 e. The predicted molar refractivity (Wildman–Crippen MR) is 148 cm³/mol. The number of nitriles is 1. The Morgan fingerprint density at radius 3 is 2.87 bits per heavy atom. The molecular formula is C29H35N7OS. The first-order chi connectivity index (χ1) is 18.6. The van der Waals surface area contributed by atoms with E-state index in [1.54, 1.807) is 11.3 Å². The van der Waals surface area contributed by atoms with Gasteiger partial charge < -0.3 is 20.1 Å². The van der Waals surface area contributed by atoms with Gasteiger partial charge in [-0.1, -0.05) is 5.16 Å². The summed E-state index contributed by atoms with van der Waals surface area (Å²) in [5, 5.41) is 15.3. The zero-order chi connectivity index (χ0) is 25.9. The van der Waals surface area contributed by atoms with E-state index in [1.807, 2.05) is 12.3 Å². The van der Waals surface area contributed by atoms with Crippen LogP contribution in [0.1, 0.15) is 79.1 Å². The molecule has 38 heavy (non-hydrogen) atoms. The van der Waals surface area contributed by atoms with E-state index >= 15 is 0 Å². The second-order valence-electron chi connectivity index (χ2n) is 11.7. The molecule has 0 amide bonds. The quantitative estimate of drug-likeness (QED) is 0.508. The number of hydrogen-bond acceptors (Lipinski definition) is 9. The lowest BCUT2D eigenvalue weighted by atomic mass is 9.62. The summed E-state index contributed by atoms with van der Waals surface area (Å²) in [5.74, 6) is 2.44. The molecular weight excluding hydrogens is 494 g/mol. The summed E-state index contributed by atoms with van der Waals surface area (Å²) in [6, 6.07) is 4.71. The van der Waals surface area contributed by atoms with E-state index in [0.29, 0.717) is 16.6 Å². The molecule has 2 atom stereocenters. The molecule has 8 nitrogen and oxygen atoms in total. The van der Waals surface area contributed by atoms with Gasteiger partial charge in [-0.3, -0.25) is 0 Å². The smallest absolute Gasteiger partial charge is 0.226 e. The number of nitrogens with two attached hydrogens (primary N) is 1. The number of anilines is 2. The summed E-state index contributed by atoms with van der Waals surface area (Å²) >= 11 is 1.58. The van der Waals surface area contributed by atoms with Gasteiger partial charge in [0, 0.05) is 47.7 Å². The zero-order valence-electron chi connectivity index (χ0n) is 22.1. The van der Waals surface area contributed by atoms with Gasteiger partial charge in [0.2, 0.25) is 5.95 Å². The first-order valence-electron chi connectivity index (χ1n) is 14.2. The highest BCUT2D eigenvalue weighted by atomic mass is 32.1. The summed E-state index contributed by atoms with van der Waals surface area (Å²) in [7, 11) is 0. The van der Waals surface area contributed by atoms with E-state index in [4.69, 9.17) is 25.4 Å². The molecule has 0 aromatic carbocycles. The first kappa shape index (κ1) is 24.1. The highest BCUT2D eigenvalue weighted by Gasteiger charge is 2.48. The predicted octanol–water partition coefficient (Wildman–Crippen LogP) is 4.92. The van der Waals surface area contributed by atoms with Crippen molar-refractivity contribution in [3.63, 3.8) is 0 Å². The van der Waals surface area contributed by atoms with Gasteiger partial charge >= 0.3 is 0 Å². The molecule has 2 N–H and O–H groups in total. The third-order valence-corrected chi connectivity index (χ3v) is 10.2. The second kappa shape index (κ2) is 9.35. The second-order valence-corrected chi connectivity index (χ2v) is 12.9. The van der Waals surface area contributed by atoms with E-state index < -0.39 is 0 Å². The van der Waals surface area contributed by atoms with Gasteiger partial charge in [0.1, 0.15) is 16.8 Å². The normalized spacial score (nSPS) is 25.6. The number of nitrogen functional groups attached to an aromatic ring is 1. The average Bonchev–Trinajstić information content (AvgIpc) is 3.56. The maximum atomic E-state index is 9.97. The lowest BCUT2D eigenvalue weighted by Gasteiger charge is -2.39. The molecule has 3 aliphatic carbocycles. The van der Waals surface area contributed by atoms with Crippen LogP contribution in [0.25, 0.3) is 11.5 Å². The van der Waals surface area contributed by atoms with Gasteiger partial charge in [-0.25, -0.2) is 9.97 Å². The molecule has 9 heteroatoms. The molecule has 1 spiro atoms. The van der Waals surface area contributed by atoms with Crippen LogP contribution in [-0.2, 0) is 18.3 Å². The molecule has 7 rings (SSSR count). The number of aryl methyl sites for hydroxylation is 1. The minimum atomic E-state index is -0.289. The third-order valence-electron chi connectivity index (χ3n) is 9.15. The topological polar surface area (TPSA) is 108 Å². The standard InChI is InChI=1S/C29H35N7OS/c1-18-16-35(17-19-7-8-19)13-4-14-36(18)28-32-12-9-22(33-28)25-20-5-2-10-29(26(20)34-37-25)11-3-6-23-24(29)21(15-30)27(31)38-23/h9,12,18-19H,2-8,10-11,13-14,16-17,31H2,1H3/t18-,29-/m0/s1. The van der Waals surface area contributed by atoms with Crippen molar-refractivity contribution in [1.29, 1.82) is 5.26 Å². The fourth-order valence-electron chi connectivity index (χ4n) is 7.25. The molecule has 4 aliphatic rings. The van der Waals surface area contributed by atoms with Crippen molar-refractivity contribution >= 4 is 22.3 Å². The number of rotatable bonds is 4. The summed E-state index contributed by atoms with van der Waals surface area (Å²) in [5.41, 5.74) is 10.7. The minimum Gasteiger partial charge on any atom is -0.389 e. The molecule has 4 heterocycles. The number of hydrogen-bond donors (Lipinski definition) is 1. The maximum absolute atomic E-state index is 9.97. The Balaban J connectivity index is 1.23. The van der Waals surface area contributed by atoms with Crippen LogP contribution in [0.2, 0.25) is 0 Å². The minimum absolute atomic E-state index is 0.289. The molecule has 198 valence electrons. The number of thiophene rings is 1.